The van der Waals surface area contributed by atoms with E-state index in [0.717, 1.165) is 36.0 Å². The van der Waals surface area contributed by atoms with E-state index in [2.05, 4.69) is 43.6 Å². The largest absolute Gasteiger partial charge is 0.466 e. The summed E-state index contributed by atoms with van der Waals surface area (Å²) in [4.78, 5) is 47.2. The molecule has 1 aromatic heterocycles. The van der Waals surface area contributed by atoms with Crippen molar-refractivity contribution < 1.29 is 32.6 Å². The smallest absolute Gasteiger partial charge is 0.407 e. The van der Waals surface area contributed by atoms with Crippen molar-refractivity contribution >= 4 is 29.6 Å². The van der Waals surface area contributed by atoms with Gasteiger partial charge >= 0.3 is 12.1 Å². The van der Waals surface area contributed by atoms with Gasteiger partial charge in [-0.3, -0.25) is 14.9 Å². The predicted octanol–water partition coefficient (Wildman–Crippen LogP) is 5.87. The molecule has 0 aliphatic carbocycles. The lowest BCUT2D eigenvalue weighted by atomic mass is 9.88. The average molecular weight is 709 g/mol. The highest BCUT2D eigenvalue weighted by molar-refractivity contribution is 5.92. The molecule has 2 atom stereocenters. The Hall–Kier alpha value is -4.52. The Bertz CT molecular complexity index is 1680. The SMILES string of the molecule is CCOC(=O)C1CCN(c2cc(C)ccc2Cn2ccnc2NC(=O)[C@@H]2CN(CCCNC(=O)OC(C)(C)C)C[C@H]2c2ccc(F)cc2F)CC1. The maximum atomic E-state index is 15.1. The molecule has 2 fully saturated rings. The predicted molar refractivity (Wildman–Crippen MR) is 191 cm³/mol. The Morgan fingerprint density at radius 2 is 1.80 bits per heavy atom. The van der Waals surface area contributed by atoms with Crippen LogP contribution in [0.2, 0.25) is 0 Å². The second-order valence-corrected chi connectivity index (χ2v) is 14.4. The third kappa shape index (κ3) is 10.1. The second kappa shape index (κ2) is 16.7. The van der Waals surface area contributed by atoms with Crippen LogP contribution in [0.4, 0.5) is 25.2 Å². The van der Waals surface area contributed by atoms with E-state index in [1.54, 1.807) is 27.0 Å². The van der Waals surface area contributed by atoms with Gasteiger partial charge in [0, 0.05) is 62.8 Å². The highest BCUT2D eigenvalue weighted by Gasteiger charge is 2.40. The van der Waals surface area contributed by atoms with Gasteiger partial charge in [0.05, 0.1) is 25.0 Å². The number of imidazole rings is 1. The average Bonchev–Trinajstić information content (AvgIpc) is 3.70. The van der Waals surface area contributed by atoms with Crippen LogP contribution in [0.1, 0.15) is 69.6 Å². The normalized spacial score (nSPS) is 18.5. The fourth-order valence-electron chi connectivity index (χ4n) is 6.92. The summed E-state index contributed by atoms with van der Waals surface area (Å²) in [6, 6.07) is 9.76. The van der Waals surface area contributed by atoms with Crippen molar-refractivity contribution in [2.75, 3.05) is 56.1 Å². The number of anilines is 2. The van der Waals surface area contributed by atoms with Gasteiger partial charge in [-0.15, -0.1) is 0 Å². The van der Waals surface area contributed by atoms with E-state index in [4.69, 9.17) is 9.47 Å². The number of nitrogens with zero attached hydrogens (tertiary/aromatic N) is 4. The number of halogens is 2. The Kier molecular flexibility index (Phi) is 12.3. The molecule has 11 nitrogen and oxygen atoms in total. The van der Waals surface area contributed by atoms with E-state index in [0.29, 0.717) is 64.5 Å². The monoisotopic (exact) mass is 708 g/mol. The third-order valence-corrected chi connectivity index (χ3v) is 9.40. The van der Waals surface area contributed by atoms with E-state index in [-0.39, 0.29) is 23.4 Å². The number of rotatable bonds is 12. The van der Waals surface area contributed by atoms with Crippen LogP contribution in [-0.2, 0) is 25.6 Å². The number of esters is 1. The number of likely N-dealkylation sites (tertiary alicyclic amines) is 1. The minimum Gasteiger partial charge on any atom is -0.466 e. The first-order valence-corrected chi connectivity index (χ1v) is 17.8. The lowest BCUT2D eigenvalue weighted by Crippen LogP contribution is -2.37. The zero-order valence-corrected chi connectivity index (χ0v) is 30.2. The first-order valence-electron chi connectivity index (χ1n) is 17.8. The molecule has 2 aliphatic rings. The Morgan fingerprint density at radius 3 is 2.51 bits per heavy atom. The Morgan fingerprint density at radius 1 is 1.04 bits per heavy atom. The van der Waals surface area contributed by atoms with Crippen molar-refractivity contribution in [1.29, 1.82) is 0 Å². The molecule has 3 aromatic rings. The van der Waals surface area contributed by atoms with E-state index < -0.39 is 35.2 Å². The van der Waals surface area contributed by atoms with Crippen LogP contribution in [0, 0.1) is 30.4 Å². The van der Waals surface area contributed by atoms with Crippen LogP contribution in [-0.4, -0.2) is 83.9 Å². The molecule has 2 aliphatic heterocycles. The Labute approximate surface area is 298 Å². The summed E-state index contributed by atoms with van der Waals surface area (Å²) in [5.41, 5.74) is 2.91. The molecule has 0 unspecified atom stereocenters. The topological polar surface area (TPSA) is 118 Å². The number of benzene rings is 2. The number of carbonyl (C=O) groups excluding carboxylic acids is 3. The van der Waals surface area contributed by atoms with Gasteiger partial charge in [0.2, 0.25) is 11.9 Å². The maximum absolute atomic E-state index is 15.1. The quantitative estimate of drug-likeness (QED) is 0.177. The molecule has 0 bridgehead atoms. The van der Waals surface area contributed by atoms with Crippen LogP contribution < -0.4 is 15.5 Å². The third-order valence-electron chi connectivity index (χ3n) is 9.40. The number of nitrogens with one attached hydrogen (secondary N) is 2. The summed E-state index contributed by atoms with van der Waals surface area (Å²) in [6.07, 6.45) is 4.96. The lowest BCUT2D eigenvalue weighted by Gasteiger charge is -2.34. The number of alkyl carbamates (subject to hydrolysis) is 1. The number of hydrogen-bond acceptors (Lipinski definition) is 8. The van der Waals surface area contributed by atoms with Crippen LogP contribution in [0.3, 0.4) is 0 Å². The summed E-state index contributed by atoms with van der Waals surface area (Å²) in [5, 5.41) is 5.75. The van der Waals surface area contributed by atoms with Gasteiger partial charge in [0.15, 0.2) is 0 Å². The maximum Gasteiger partial charge on any atom is 0.407 e. The number of piperidine rings is 1. The molecule has 13 heteroatoms. The van der Waals surface area contributed by atoms with Crippen molar-refractivity contribution in [2.45, 2.75) is 71.9 Å². The van der Waals surface area contributed by atoms with Crippen molar-refractivity contribution in [3.05, 3.63) is 77.1 Å². The highest BCUT2D eigenvalue weighted by atomic mass is 19.1. The summed E-state index contributed by atoms with van der Waals surface area (Å²) in [7, 11) is 0. The van der Waals surface area contributed by atoms with Crippen LogP contribution in [0.15, 0.2) is 48.8 Å². The minimum atomic E-state index is -0.689. The fraction of sp³-hybridized carbons (Fsp3) is 0.526. The van der Waals surface area contributed by atoms with Gasteiger partial charge in [0.25, 0.3) is 0 Å². The van der Waals surface area contributed by atoms with Gasteiger partial charge in [-0.25, -0.2) is 18.6 Å². The van der Waals surface area contributed by atoms with E-state index >= 15 is 4.39 Å². The van der Waals surface area contributed by atoms with Gasteiger partial charge < -0.3 is 29.2 Å². The molecule has 2 aromatic carbocycles. The summed E-state index contributed by atoms with van der Waals surface area (Å²) in [5.74, 6) is -2.70. The lowest BCUT2D eigenvalue weighted by molar-refractivity contribution is -0.148. The van der Waals surface area contributed by atoms with Gasteiger partial charge in [-0.1, -0.05) is 18.2 Å². The van der Waals surface area contributed by atoms with Crippen molar-refractivity contribution in [3.63, 3.8) is 0 Å². The van der Waals surface area contributed by atoms with Crippen molar-refractivity contribution in [1.82, 2.24) is 19.8 Å². The van der Waals surface area contributed by atoms with Crippen LogP contribution in [0.5, 0.6) is 0 Å². The van der Waals surface area contributed by atoms with E-state index in [9.17, 15) is 18.8 Å². The summed E-state index contributed by atoms with van der Waals surface area (Å²) in [6.45, 7) is 13.2. The molecular weight excluding hydrogens is 658 g/mol. The molecule has 3 heterocycles. The summed E-state index contributed by atoms with van der Waals surface area (Å²) >= 11 is 0. The number of aromatic nitrogens is 2. The standard InChI is InChI=1S/C38H50F2N6O5/c1-6-50-35(48)26-12-17-45(18-13-26)33-20-25(2)8-9-27(33)22-46-19-15-41-36(46)43-34(47)31-24-44(16-7-14-42-37(49)51-38(3,4)5)23-30(31)29-11-10-28(39)21-32(29)40/h8-11,15,19-21,26,30-31H,6-7,12-14,16-18,22-24H2,1-5H3,(H,42,49)(H,41,43,47)/t30-,31+/m0/s1. The molecule has 5 rings (SSSR count). The van der Waals surface area contributed by atoms with Crippen LogP contribution >= 0.6 is 0 Å². The number of amides is 2. The first kappa shape index (κ1) is 37.7. The molecule has 2 N–H and O–H groups in total. The Balaban J connectivity index is 1.27. The fourth-order valence-corrected chi connectivity index (χ4v) is 6.92. The molecule has 2 amide bonds. The number of aryl methyl sites for hydroxylation is 1. The zero-order valence-electron chi connectivity index (χ0n) is 30.2. The molecule has 51 heavy (non-hydrogen) atoms. The molecule has 0 radical (unpaired) electrons. The second-order valence-electron chi connectivity index (χ2n) is 14.4. The molecule has 2 saturated heterocycles. The van der Waals surface area contributed by atoms with Gasteiger partial charge in [-0.2, -0.15) is 0 Å². The molecule has 0 saturated carbocycles. The van der Waals surface area contributed by atoms with Crippen molar-refractivity contribution in [3.8, 4) is 0 Å². The van der Waals surface area contributed by atoms with E-state index in [1.807, 2.05) is 24.6 Å². The van der Waals surface area contributed by atoms with Gasteiger partial charge in [-0.05, 0) is 89.2 Å². The zero-order chi connectivity index (χ0) is 36.7. The number of carbonyl (C=O) groups is 3. The molecule has 0 spiro atoms. The van der Waals surface area contributed by atoms with E-state index in [1.165, 1.54) is 12.1 Å². The number of hydrogen-bond donors (Lipinski definition) is 2. The van der Waals surface area contributed by atoms with Crippen LogP contribution in [0.25, 0.3) is 0 Å². The molecular formula is C38H50F2N6O5. The summed E-state index contributed by atoms with van der Waals surface area (Å²) < 4.78 is 41.4. The molecule has 276 valence electrons. The highest BCUT2D eigenvalue weighted by Crippen LogP contribution is 2.36. The first-order chi connectivity index (χ1) is 24.3. The minimum absolute atomic E-state index is 0.0995. The van der Waals surface area contributed by atoms with Gasteiger partial charge in [0.1, 0.15) is 17.2 Å². The number of ether oxygens (including phenoxy) is 2. The van der Waals surface area contributed by atoms with Crippen molar-refractivity contribution in [2.24, 2.45) is 11.8 Å².